The van der Waals surface area contributed by atoms with Gasteiger partial charge in [0.15, 0.2) is 0 Å². The number of carbonyl (C=O) groups is 3. The summed E-state index contributed by atoms with van der Waals surface area (Å²) in [5.41, 5.74) is 16.1. The van der Waals surface area contributed by atoms with Crippen LogP contribution in [0.4, 0.5) is 17.1 Å². The molecule has 0 unspecified atom stereocenters. The van der Waals surface area contributed by atoms with Crippen LogP contribution in [0.3, 0.4) is 0 Å². The van der Waals surface area contributed by atoms with Gasteiger partial charge >= 0.3 is 17.9 Å². The van der Waals surface area contributed by atoms with E-state index in [1.807, 2.05) is 25.7 Å². The van der Waals surface area contributed by atoms with Gasteiger partial charge in [0.05, 0.1) is 128 Å². The van der Waals surface area contributed by atoms with Crippen molar-refractivity contribution in [3.63, 3.8) is 0 Å². The van der Waals surface area contributed by atoms with Gasteiger partial charge in [-0.25, -0.2) is 33.4 Å². The van der Waals surface area contributed by atoms with Crippen molar-refractivity contribution < 1.29 is 28.6 Å². The Hall–Kier alpha value is -8.35. The first kappa shape index (κ1) is 47.1. The molecule has 3 heterocycles. The molecule has 0 amide bonds. The highest BCUT2D eigenvalue weighted by atomic mass is 16.5. The molecule has 6 rings (SSSR count). The number of nitrogens with one attached hydrogen (secondary N) is 2. The molecule has 1 atom stereocenters. The summed E-state index contributed by atoms with van der Waals surface area (Å²) in [7, 11) is 8.61. The Balaban J connectivity index is 1.36. The van der Waals surface area contributed by atoms with Crippen LogP contribution in [0.1, 0.15) is 68.9 Å². The molecule has 0 spiro atoms. The molecule has 0 aliphatic heterocycles. The standard InChI is InChI=1S/C41H49N19O6/c1-25(2)26(3)60(49-42)38-15-29(41(63)66-9)14-37(18-38)59-24-33(48-54-59)21-56(19-31-22-57(52-46-31)35-12-27(39(61)64-7)10-30(16-35)45-50-43-4)20-32-23-58(53-47-32)36-13-28(40(62)65-8)11-34(17-36)55(6)51-44-5/h10-18,22-26,42H,19-21H2,1-9H3,(H,43,45)/b49-42?,51-44-/t26-/m1/s1. The van der Waals surface area contributed by atoms with E-state index in [2.05, 4.69) is 62.3 Å². The first-order chi connectivity index (χ1) is 31.8. The van der Waals surface area contributed by atoms with Crippen molar-refractivity contribution in [2.24, 2.45) is 31.8 Å². The number of hydrogen-bond acceptors (Lipinski definition) is 19. The molecule has 0 bridgehead atoms. The van der Waals surface area contributed by atoms with Gasteiger partial charge in [0.25, 0.3) is 0 Å². The van der Waals surface area contributed by atoms with Crippen LogP contribution in [0, 0.1) is 11.4 Å². The summed E-state index contributed by atoms with van der Waals surface area (Å²) in [6.45, 7) is 6.62. The van der Waals surface area contributed by atoms with Gasteiger partial charge in [-0.3, -0.25) is 15.3 Å². The van der Waals surface area contributed by atoms with E-state index in [0.717, 1.165) is 0 Å². The summed E-state index contributed by atoms with van der Waals surface area (Å²) >= 11 is 0. The number of ether oxygens (including phenoxy) is 3. The van der Waals surface area contributed by atoms with Crippen LogP contribution in [0.2, 0.25) is 0 Å². The van der Waals surface area contributed by atoms with E-state index < -0.39 is 17.9 Å². The average Bonchev–Trinajstić information content (AvgIpc) is 4.12. The Morgan fingerprint density at radius 3 is 1.52 bits per heavy atom. The van der Waals surface area contributed by atoms with Gasteiger partial charge < -0.3 is 14.2 Å². The lowest BCUT2D eigenvalue weighted by Crippen LogP contribution is -2.32. The first-order valence-corrected chi connectivity index (χ1v) is 20.2. The van der Waals surface area contributed by atoms with Crippen LogP contribution >= 0.6 is 0 Å². The molecule has 3 aromatic carbocycles. The van der Waals surface area contributed by atoms with Crippen molar-refractivity contribution in [3.8, 4) is 17.1 Å². The molecule has 66 heavy (non-hydrogen) atoms. The highest BCUT2D eigenvalue weighted by Crippen LogP contribution is 2.28. The first-order valence-electron chi connectivity index (χ1n) is 20.2. The Morgan fingerprint density at radius 1 is 0.652 bits per heavy atom. The Bertz CT molecular complexity index is 2740. The monoisotopic (exact) mass is 903 g/mol. The second-order valence-electron chi connectivity index (χ2n) is 15.0. The minimum Gasteiger partial charge on any atom is -0.465 e. The third-order valence-corrected chi connectivity index (χ3v) is 10.2. The van der Waals surface area contributed by atoms with Gasteiger partial charge in [-0.2, -0.15) is 15.8 Å². The molecule has 25 nitrogen and oxygen atoms in total. The molecular weight excluding hydrogens is 855 g/mol. The lowest BCUT2D eigenvalue weighted by atomic mass is 10.0. The Labute approximate surface area is 378 Å². The van der Waals surface area contributed by atoms with Crippen molar-refractivity contribution >= 4 is 35.0 Å². The third kappa shape index (κ3) is 11.2. The van der Waals surface area contributed by atoms with E-state index in [0.29, 0.717) is 51.2 Å². The second kappa shape index (κ2) is 21.3. The molecule has 344 valence electrons. The fourth-order valence-electron chi connectivity index (χ4n) is 6.60. The number of esters is 3. The van der Waals surface area contributed by atoms with E-state index in [4.69, 9.17) is 19.7 Å². The maximum Gasteiger partial charge on any atom is 0.338 e. The van der Waals surface area contributed by atoms with Gasteiger partial charge in [-0.15, -0.1) is 15.3 Å². The van der Waals surface area contributed by atoms with Crippen LogP contribution in [-0.2, 0) is 33.8 Å². The summed E-state index contributed by atoms with van der Waals surface area (Å²) in [6.07, 6.45) is 5.16. The zero-order valence-electron chi connectivity index (χ0n) is 37.8. The minimum atomic E-state index is -0.574. The maximum atomic E-state index is 12.8. The van der Waals surface area contributed by atoms with Crippen molar-refractivity contribution in [2.45, 2.75) is 46.4 Å². The van der Waals surface area contributed by atoms with Gasteiger partial charge in [0.1, 0.15) is 0 Å². The highest BCUT2D eigenvalue weighted by molar-refractivity contribution is 5.92. The van der Waals surface area contributed by atoms with Crippen LogP contribution in [0.15, 0.2) is 99.1 Å². The highest BCUT2D eigenvalue weighted by Gasteiger charge is 2.23. The summed E-state index contributed by atoms with van der Waals surface area (Å²) in [5.74, 6) is -1.55. The molecule has 0 aliphatic carbocycles. The van der Waals surface area contributed by atoms with Gasteiger partial charge in [0, 0.05) is 26.7 Å². The Kier molecular flexibility index (Phi) is 15.2. The number of methoxy groups -OCH3 is 3. The summed E-state index contributed by atoms with van der Waals surface area (Å²) in [6, 6.07) is 14.8. The minimum absolute atomic E-state index is 0.135. The largest absolute Gasteiger partial charge is 0.465 e. The normalized spacial score (nSPS) is 11.9. The quantitative estimate of drug-likeness (QED) is 0.0406. The fourth-order valence-corrected chi connectivity index (χ4v) is 6.60. The van der Waals surface area contributed by atoms with Gasteiger partial charge in [-0.05, 0) is 67.4 Å². The predicted molar refractivity (Wildman–Crippen MR) is 237 cm³/mol. The van der Waals surface area contributed by atoms with Crippen molar-refractivity contribution in [1.29, 1.82) is 5.53 Å². The SMILES string of the molecule is C/N=N\Nc1cc(C(=O)OC)cc(-n2cc(CN(Cc3cn(-c4cc(C(=O)OC)cc(N(C)/N=N\C)c4)nn3)Cc3cn(-c4cc(C(=O)OC)cc(N(N=N)[C@H](C)C(C)C)c4)nn3)nn2)c1. The van der Waals surface area contributed by atoms with Crippen LogP contribution < -0.4 is 15.4 Å². The van der Waals surface area contributed by atoms with Gasteiger partial charge in [0.2, 0.25) is 0 Å². The molecule has 0 aliphatic rings. The molecule has 0 fully saturated rings. The predicted octanol–water partition coefficient (Wildman–Crippen LogP) is 5.63. The van der Waals surface area contributed by atoms with Crippen LogP contribution in [0.5, 0.6) is 0 Å². The number of hydrogen-bond donors (Lipinski definition) is 2. The van der Waals surface area contributed by atoms with Gasteiger partial charge in [-0.1, -0.05) is 45.2 Å². The average molecular weight is 904 g/mol. The number of benzene rings is 3. The van der Waals surface area contributed by atoms with E-state index in [-0.39, 0.29) is 48.3 Å². The summed E-state index contributed by atoms with van der Waals surface area (Å²) in [5, 5.41) is 48.8. The zero-order chi connectivity index (χ0) is 47.5. The van der Waals surface area contributed by atoms with E-state index in [9.17, 15) is 14.4 Å². The number of aromatic nitrogens is 9. The molecule has 25 heteroatoms. The zero-order valence-corrected chi connectivity index (χ0v) is 37.8. The molecule has 3 aromatic heterocycles. The number of rotatable bonds is 20. The lowest BCUT2D eigenvalue weighted by molar-refractivity contribution is 0.0592. The number of nitrogens with zero attached hydrogens (tertiary/aromatic N) is 17. The number of carbonyl (C=O) groups excluding carboxylic acids is 3. The summed E-state index contributed by atoms with van der Waals surface area (Å²) in [4.78, 5) is 40.1. The molecule has 6 aromatic rings. The topological polar surface area (TPSA) is 278 Å². The lowest BCUT2D eigenvalue weighted by Gasteiger charge is -2.28. The molecular formula is C41H49N19O6. The summed E-state index contributed by atoms with van der Waals surface area (Å²) < 4.78 is 19.6. The number of anilines is 3. The van der Waals surface area contributed by atoms with E-state index in [1.54, 1.807) is 80.2 Å². The van der Waals surface area contributed by atoms with E-state index >= 15 is 0 Å². The second-order valence-corrected chi connectivity index (χ2v) is 15.0. The fraction of sp³-hybridized carbons (Fsp3) is 0.341. The molecule has 2 N–H and O–H groups in total. The maximum absolute atomic E-state index is 12.8. The van der Waals surface area contributed by atoms with Crippen LogP contribution in [-0.4, -0.2) is 116 Å². The van der Waals surface area contributed by atoms with Crippen LogP contribution in [0.25, 0.3) is 17.1 Å². The third-order valence-electron chi connectivity index (χ3n) is 10.2. The van der Waals surface area contributed by atoms with Crippen molar-refractivity contribution in [1.82, 2.24) is 49.9 Å². The van der Waals surface area contributed by atoms with E-state index in [1.165, 1.54) is 59.5 Å². The van der Waals surface area contributed by atoms with Crippen molar-refractivity contribution in [2.75, 3.05) is 57.9 Å². The smallest absolute Gasteiger partial charge is 0.338 e. The molecule has 0 saturated carbocycles. The molecule has 0 saturated heterocycles. The molecule has 0 radical (unpaired) electrons. The van der Waals surface area contributed by atoms with Crippen molar-refractivity contribution in [3.05, 3.63) is 107 Å². The Morgan fingerprint density at radius 2 is 1.09 bits per heavy atom.